The molecule has 0 unspecified atom stereocenters. The maximum atomic E-state index is 4.53. The van der Waals surface area contributed by atoms with Gasteiger partial charge in [0.2, 0.25) is 0 Å². The van der Waals surface area contributed by atoms with E-state index in [9.17, 15) is 0 Å². The van der Waals surface area contributed by atoms with Gasteiger partial charge in [-0.1, -0.05) is 20.8 Å². The molecular formula is C13H22N2. The fourth-order valence-corrected chi connectivity index (χ4v) is 1.57. The van der Waals surface area contributed by atoms with Crippen molar-refractivity contribution in [2.45, 2.75) is 41.0 Å². The second-order valence-corrected chi connectivity index (χ2v) is 4.22. The van der Waals surface area contributed by atoms with Crippen LogP contribution in [0.5, 0.6) is 0 Å². The highest BCUT2D eigenvalue weighted by Crippen LogP contribution is 2.21. The topological polar surface area (TPSA) is 24.4 Å². The van der Waals surface area contributed by atoms with Gasteiger partial charge in [-0.3, -0.25) is 4.99 Å². The van der Waals surface area contributed by atoms with Crippen LogP contribution in [0.4, 0.5) is 0 Å². The summed E-state index contributed by atoms with van der Waals surface area (Å²) in [6.45, 7) is 11.7. The lowest BCUT2D eigenvalue weighted by molar-refractivity contribution is 0.749. The first-order valence-electron chi connectivity index (χ1n) is 5.83. The molecule has 1 rings (SSSR count). The van der Waals surface area contributed by atoms with Crippen LogP contribution in [0.1, 0.15) is 41.0 Å². The van der Waals surface area contributed by atoms with Gasteiger partial charge in [-0.25, -0.2) is 0 Å². The third-order valence-corrected chi connectivity index (χ3v) is 2.82. The molecule has 0 aliphatic carbocycles. The van der Waals surface area contributed by atoms with Crippen LogP contribution in [-0.4, -0.2) is 12.3 Å². The maximum Gasteiger partial charge on any atom is 0.0825 e. The first kappa shape index (κ1) is 12.0. The summed E-state index contributed by atoms with van der Waals surface area (Å²) in [4.78, 5) is 4.53. The Bertz CT molecular complexity index is 319. The van der Waals surface area contributed by atoms with Gasteiger partial charge in [-0.15, -0.1) is 0 Å². The molecule has 1 aliphatic rings. The average Bonchev–Trinajstić information content (AvgIpc) is 2.60. The van der Waals surface area contributed by atoms with Crippen molar-refractivity contribution in [3.63, 3.8) is 0 Å². The van der Waals surface area contributed by atoms with E-state index < -0.39 is 0 Å². The molecule has 0 saturated carbocycles. The van der Waals surface area contributed by atoms with Crippen molar-refractivity contribution in [1.82, 2.24) is 5.32 Å². The number of allylic oxidation sites excluding steroid dienone is 3. The van der Waals surface area contributed by atoms with Gasteiger partial charge >= 0.3 is 0 Å². The highest BCUT2D eigenvalue weighted by molar-refractivity contribution is 6.11. The third kappa shape index (κ3) is 2.71. The molecule has 15 heavy (non-hydrogen) atoms. The number of hydrogen-bond acceptors (Lipinski definition) is 2. The van der Waals surface area contributed by atoms with Crippen molar-refractivity contribution in [2.24, 2.45) is 10.9 Å². The molecule has 0 amide bonds. The van der Waals surface area contributed by atoms with E-state index >= 15 is 0 Å². The molecule has 0 radical (unpaired) electrons. The molecule has 0 spiro atoms. The van der Waals surface area contributed by atoms with E-state index in [1.165, 1.54) is 17.0 Å². The van der Waals surface area contributed by atoms with Gasteiger partial charge in [-0.05, 0) is 37.8 Å². The monoisotopic (exact) mass is 206 g/mol. The molecule has 1 aliphatic heterocycles. The Labute approximate surface area is 93.2 Å². The Kier molecular flexibility index (Phi) is 4.13. The molecule has 2 nitrogen and oxygen atoms in total. The highest BCUT2D eigenvalue weighted by atomic mass is 15.0. The average molecular weight is 206 g/mol. The fraction of sp³-hybridized carbons (Fsp3) is 0.615. The summed E-state index contributed by atoms with van der Waals surface area (Å²) in [6.07, 6.45) is 3.21. The number of aliphatic imine (C=N–C) groups is 1. The molecular weight excluding hydrogens is 184 g/mol. The Morgan fingerprint density at radius 1 is 1.40 bits per heavy atom. The summed E-state index contributed by atoms with van der Waals surface area (Å²) >= 11 is 0. The Morgan fingerprint density at radius 3 is 2.53 bits per heavy atom. The molecule has 2 heteroatoms. The minimum atomic E-state index is 0.569. The molecule has 1 heterocycles. The molecule has 0 aromatic rings. The number of nitrogens with zero attached hydrogens (tertiary/aromatic N) is 1. The van der Waals surface area contributed by atoms with Crippen LogP contribution in [0.15, 0.2) is 28.0 Å². The smallest absolute Gasteiger partial charge is 0.0825 e. The third-order valence-electron chi connectivity index (χ3n) is 2.82. The lowest BCUT2D eigenvalue weighted by Crippen LogP contribution is -2.14. The first-order valence-corrected chi connectivity index (χ1v) is 5.83. The highest BCUT2D eigenvalue weighted by Gasteiger charge is 2.18. The lowest BCUT2D eigenvalue weighted by Gasteiger charge is -2.12. The van der Waals surface area contributed by atoms with Crippen molar-refractivity contribution in [1.29, 1.82) is 0 Å². The Morgan fingerprint density at radius 2 is 2.07 bits per heavy atom. The van der Waals surface area contributed by atoms with Crippen molar-refractivity contribution in [2.75, 3.05) is 6.54 Å². The van der Waals surface area contributed by atoms with E-state index in [0.29, 0.717) is 5.92 Å². The minimum Gasteiger partial charge on any atom is -0.357 e. The Balaban J connectivity index is 3.04. The zero-order chi connectivity index (χ0) is 11.4. The van der Waals surface area contributed by atoms with E-state index in [4.69, 9.17) is 0 Å². The summed E-state index contributed by atoms with van der Waals surface area (Å²) in [6, 6.07) is 0. The van der Waals surface area contributed by atoms with Gasteiger partial charge in [-0.2, -0.15) is 0 Å². The van der Waals surface area contributed by atoms with Gasteiger partial charge < -0.3 is 5.32 Å². The largest absolute Gasteiger partial charge is 0.357 e. The summed E-state index contributed by atoms with van der Waals surface area (Å²) in [5, 5.41) is 3.47. The van der Waals surface area contributed by atoms with Gasteiger partial charge in [0.15, 0.2) is 0 Å². The van der Waals surface area contributed by atoms with Gasteiger partial charge in [0.05, 0.1) is 11.4 Å². The molecule has 0 aromatic carbocycles. The van der Waals surface area contributed by atoms with Crippen LogP contribution in [0, 0.1) is 5.92 Å². The van der Waals surface area contributed by atoms with Crippen molar-refractivity contribution >= 4 is 5.71 Å². The minimum absolute atomic E-state index is 0.569. The van der Waals surface area contributed by atoms with Crippen LogP contribution in [0.2, 0.25) is 0 Å². The standard InChI is InChI=1S/C13H22N2/c1-6-11-8-12(14-7-2)13(15-11)10(5)9(3)4/h8-9,15H,6-7H2,1-5H3/b13-10-,14-12?. The van der Waals surface area contributed by atoms with Crippen molar-refractivity contribution in [3.8, 4) is 0 Å². The summed E-state index contributed by atoms with van der Waals surface area (Å²) in [7, 11) is 0. The van der Waals surface area contributed by atoms with Crippen LogP contribution in [0.3, 0.4) is 0 Å². The predicted molar refractivity (Wildman–Crippen MR) is 67.0 cm³/mol. The van der Waals surface area contributed by atoms with Crippen LogP contribution >= 0.6 is 0 Å². The van der Waals surface area contributed by atoms with E-state index in [1.54, 1.807) is 0 Å². The van der Waals surface area contributed by atoms with Gasteiger partial charge in [0.1, 0.15) is 0 Å². The van der Waals surface area contributed by atoms with E-state index in [1.807, 2.05) is 0 Å². The van der Waals surface area contributed by atoms with Crippen LogP contribution in [0.25, 0.3) is 0 Å². The SMILES string of the molecule is CCN=C1C=C(CC)N/C1=C(/C)C(C)C. The van der Waals surface area contributed by atoms with Crippen LogP contribution in [-0.2, 0) is 0 Å². The molecule has 0 atom stereocenters. The van der Waals surface area contributed by atoms with Crippen molar-refractivity contribution in [3.05, 3.63) is 23.0 Å². The number of rotatable bonds is 3. The summed E-state index contributed by atoms with van der Waals surface area (Å²) < 4.78 is 0. The maximum absolute atomic E-state index is 4.53. The number of hydrogen-bond donors (Lipinski definition) is 1. The second kappa shape index (κ2) is 5.15. The Hall–Kier alpha value is -1.05. The number of nitrogens with one attached hydrogen (secondary N) is 1. The summed E-state index contributed by atoms with van der Waals surface area (Å²) in [5.41, 5.74) is 5.02. The van der Waals surface area contributed by atoms with Crippen molar-refractivity contribution < 1.29 is 0 Å². The normalized spacial score (nSPS) is 22.0. The summed E-state index contributed by atoms with van der Waals surface area (Å²) in [5.74, 6) is 0.569. The van der Waals surface area contributed by atoms with E-state index in [0.717, 1.165) is 18.7 Å². The molecule has 1 N–H and O–H groups in total. The van der Waals surface area contributed by atoms with Crippen LogP contribution < -0.4 is 5.32 Å². The predicted octanol–water partition coefficient (Wildman–Crippen LogP) is 3.27. The first-order chi connectivity index (χ1) is 7.10. The van der Waals surface area contributed by atoms with E-state index in [-0.39, 0.29) is 0 Å². The van der Waals surface area contributed by atoms with E-state index in [2.05, 4.69) is 51.0 Å². The fourth-order valence-electron chi connectivity index (χ4n) is 1.57. The molecule has 84 valence electrons. The van der Waals surface area contributed by atoms with Gasteiger partial charge in [0, 0.05) is 12.2 Å². The zero-order valence-electron chi connectivity index (χ0n) is 10.5. The quantitative estimate of drug-likeness (QED) is 0.753. The lowest BCUT2D eigenvalue weighted by atomic mass is 10.0. The second-order valence-electron chi connectivity index (χ2n) is 4.22. The molecule has 0 saturated heterocycles. The molecule has 0 fully saturated rings. The molecule has 0 aromatic heterocycles. The zero-order valence-corrected chi connectivity index (χ0v) is 10.5. The van der Waals surface area contributed by atoms with Gasteiger partial charge in [0.25, 0.3) is 0 Å². The molecule has 0 bridgehead atoms.